The zero-order valence-electron chi connectivity index (χ0n) is 16.3. The number of unbranched alkanes of at least 4 members (excludes halogenated alkanes) is 4. The monoisotopic (exact) mass is 400 g/mol. The standard InChI is InChI=1S/C24H23F3O2/c1-2-3-4-5-6-7-16-8-11-20(21(25)12-16)24(28)29-19-10-9-17-14-22(26)23(27)15-18(17)13-19/h8-15H,2-7H2,1H3. The van der Waals surface area contributed by atoms with Crippen LogP contribution in [0.2, 0.25) is 0 Å². The molecular weight excluding hydrogens is 377 g/mol. The molecule has 0 aliphatic carbocycles. The van der Waals surface area contributed by atoms with Gasteiger partial charge in [0.25, 0.3) is 0 Å². The van der Waals surface area contributed by atoms with Gasteiger partial charge in [-0.15, -0.1) is 0 Å². The van der Waals surface area contributed by atoms with Crippen LogP contribution in [0, 0.1) is 17.5 Å². The molecule has 0 saturated heterocycles. The van der Waals surface area contributed by atoms with E-state index in [0.717, 1.165) is 37.0 Å². The molecule has 0 bridgehead atoms. The second-order valence-electron chi connectivity index (χ2n) is 7.14. The zero-order chi connectivity index (χ0) is 20.8. The summed E-state index contributed by atoms with van der Waals surface area (Å²) < 4.78 is 46.3. The number of esters is 1. The smallest absolute Gasteiger partial charge is 0.346 e. The summed E-state index contributed by atoms with van der Waals surface area (Å²) in [5, 5.41) is 0.853. The lowest BCUT2D eigenvalue weighted by atomic mass is 10.0. The summed E-state index contributed by atoms with van der Waals surface area (Å²) in [6, 6.07) is 11.0. The normalized spacial score (nSPS) is 11.0. The van der Waals surface area contributed by atoms with Crippen LogP contribution in [0.15, 0.2) is 48.5 Å². The predicted octanol–water partition coefficient (Wildman–Crippen LogP) is 6.99. The topological polar surface area (TPSA) is 26.3 Å². The van der Waals surface area contributed by atoms with E-state index in [4.69, 9.17) is 4.74 Å². The summed E-state index contributed by atoms with van der Waals surface area (Å²) in [5.74, 6) is -3.27. The van der Waals surface area contributed by atoms with Crippen LogP contribution in [-0.4, -0.2) is 5.97 Å². The number of halogens is 3. The van der Waals surface area contributed by atoms with Crippen molar-refractivity contribution in [2.75, 3.05) is 0 Å². The number of carbonyl (C=O) groups is 1. The molecule has 0 radical (unpaired) electrons. The first kappa shape index (κ1) is 20.9. The summed E-state index contributed by atoms with van der Waals surface area (Å²) in [4.78, 5) is 12.3. The summed E-state index contributed by atoms with van der Waals surface area (Å²) in [7, 11) is 0. The number of hydrogen-bond acceptors (Lipinski definition) is 2. The van der Waals surface area contributed by atoms with Crippen LogP contribution in [0.4, 0.5) is 13.2 Å². The van der Waals surface area contributed by atoms with Crippen molar-refractivity contribution < 1.29 is 22.7 Å². The van der Waals surface area contributed by atoms with Crippen molar-refractivity contribution in [1.29, 1.82) is 0 Å². The molecule has 2 nitrogen and oxygen atoms in total. The maximum absolute atomic E-state index is 14.4. The zero-order valence-corrected chi connectivity index (χ0v) is 16.3. The third-order valence-electron chi connectivity index (χ3n) is 4.88. The van der Waals surface area contributed by atoms with Crippen molar-refractivity contribution in [3.05, 3.63) is 77.1 Å². The number of benzene rings is 3. The average molecular weight is 400 g/mol. The Balaban J connectivity index is 1.67. The predicted molar refractivity (Wildman–Crippen MR) is 108 cm³/mol. The fourth-order valence-electron chi connectivity index (χ4n) is 3.26. The molecule has 0 saturated carbocycles. The lowest BCUT2D eigenvalue weighted by Crippen LogP contribution is -2.11. The molecule has 3 rings (SSSR count). The van der Waals surface area contributed by atoms with Crippen LogP contribution < -0.4 is 4.74 Å². The van der Waals surface area contributed by atoms with Crippen molar-refractivity contribution in [3.8, 4) is 5.75 Å². The van der Waals surface area contributed by atoms with Gasteiger partial charge < -0.3 is 4.74 Å². The van der Waals surface area contributed by atoms with E-state index in [1.807, 2.05) is 0 Å². The van der Waals surface area contributed by atoms with Crippen LogP contribution in [0.1, 0.15) is 54.9 Å². The SMILES string of the molecule is CCCCCCCc1ccc(C(=O)Oc2ccc3cc(F)c(F)cc3c2)c(F)c1. The van der Waals surface area contributed by atoms with Crippen molar-refractivity contribution in [2.45, 2.75) is 45.4 Å². The number of aryl methyl sites for hydroxylation is 1. The molecule has 29 heavy (non-hydrogen) atoms. The molecule has 0 unspecified atom stereocenters. The highest BCUT2D eigenvalue weighted by atomic mass is 19.2. The molecular formula is C24H23F3O2. The summed E-state index contributed by atoms with van der Waals surface area (Å²) >= 11 is 0. The molecule has 152 valence electrons. The van der Waals surface area contributed by atoms with E-state index in [1.54, 1.807) is 6.07 Å². The fourth-order valence-corrected chi connectivity index (χ4v) is 3.26. The van der Waals surface area contributed by atoms with Crippen LogP contribution in [0.3, 0.4) is 0 Å². The summed E-state index contributed by atoms with van der Waals surface area (Å²) in [5.41, 5.74) is 0.684. The minimum absolute atomic E-state index is 0.132. The van der Waals surface area contributed by atoms with Crippen LogP contribution in [0.5, 0.6) is 5.75 Å². The van der Waals surface area contributed by atoms with E-state index in [9.17, 15) is 18.0 Å². The van der Waals surface area contributed by atoms with Crippen LogP contribution in [0.25, 0.3) is 10.8 Å². The molecule has 0 aliphatic heterocycles. The molecule has 5 heteroatoms. The number of carbonyl (C=O) groups excluding carboxylic acids is 1. The van der Waals surface area contributed by atoms with E-state index < -0.39 is 23.4 Å². The van der Waals surface area contributed by atoms with Crippen LogP contribution >= 0.6 is 0 Å². The van der Waals surface area contributed by atoms with Crippen molar-refractivity contribution in [3.63, 3.8) is 0 Å². The van der Waals surface area contributed by atoms with Gasteiger partial charge in [-0.2, -0.15) is 0 Å². The molecule has 0 amide bonds. The molecule has 0 fully saturated rings. The Morgan fingerprint density at radius 1 is 0.793 bits per heavy atom. The van der Waals surface area contributed by atoms with Gasteiger partial charge in [0.2, 0.25) is 0 Å². The van der Waals surface area contributed by atoms with Gasteiger partial charge in [-0.05, 0) is 65.6 Å². The third-order valence-corrected chi connectivity index (χ3v) is 4.88. The maximum Gasteiger partial charge on any atom is 0.346 e. The molecule has 0 aromatic heterocycles. The highest BCUT2D eigenvalue weighted by Gasteiger charge is 2.15. The Bertz CT molecular complexity index is 1010. The largest absolute Gasteiger partial charge is 0.423 e. The highest BCUT2D eigenvalue weighted by Crippen LogP contribution is 2.24. The highest BCUT2D eigenvalue weighted by molar-refractivity contribution is 5.92. The van der Waals surface area contributed by atoms with E-state index in [1.165, 1.54) is 49.6 Å². The number of hydrogen-bond donors (Lipinski definition) is 0. The van der Waals surface area contributed by atoms with Crippen molar-refractivity contribution >= 4 is 16.7 Å². The summed E-state index contributed by atoms with van der Waals surface area (Å²) in [6.07, 6.45) is 6.40. The first-order chi connectivity index (χ1) is 14.0. The van der Waals surface area contributed by atoms with Gasteiger partial charge >= 0.3 is 5.97 Å². The third kappa shape index (κ3) is 5.37. The van der Waals surface area contributed by atoms with Gasteiger partial charge in [0, 0.05) is 0 Å². The van der Waals surface area contributed by atoms with Gasteiger partial charge in [0.1, 0.15) is 11.6 Å². The van der Waals surface area contributed by atoms with Gasteiger partial charge in [0.05, 0.1) is 5.56 Å². The Hall–Kier alpha value is -2.82. The quantitative estimate of drug-likeness (QED) is 0.231. The average Bonchev–Trinajstić information content (AvgIpc) is 2.69. The second kappa shape index (κ2) is 9.59. The molecule has 0 spiro atoms. The van der Waals surface area contributed by atoms with Gasteiger partial charge in [-0.3, -0.25) is 0 Å². The summed E-state index contributed by atoms with van der Waals surface area (Å²) in [6.45, 7) is 2.16. The van der Waals surface area contributed by atoms with E-state index in [0.29, 0.717) is 10.8 Å². The van der Waals surface area contributed by atoms with Gasteiger partial charge in [-0.25, -0.2) is 18.0 Å². The molecule has 0 atom stereocenters. The maximum atomic E-state index is 14.4. The minimum atomic E-state index is -0.989. The van der Waals surface area contributed by atoms with Crippen molar-refractivity contribution in [1.82, 2.24) is 0 Å². The molecule has 3 aromatic rings. The van der Waals surface area contributed by atoms with Crippen LogP contribution in [-0.2, 0) is 6.42 Å². The number of ether oxygens (including phenoxy) is 1. The lowest BCUT2D eigenvalue weighted by Gasteiger charge is -2.08. The van der Waals surface area contributed by atoms with Gasteiger partial charge in [0.15, 0.2) is 11.6 Å². The van der Waals surface area contributed by atoms with E-state index >= 15 is 0 Å². The molecule has 0 N–H and O–H groups in total. The minimum Gasteiger partial charge on any atom is -0.423 e. The number of fused-ring (bicyclic) bond motifs is 1. The first-order valence-electron chi connectivity index (χ1n) is 9.87. The van der Waals surface area contributed by atoms with Gasteiger partial charge in [-0.1, -0.05) is 44.7 Å². The lowest BCUT2D eigenvalue weighted by molar-refractivity contribution is 0.0730. The van der Waals surface area contributed by atoms with E-state index in [-0.39, 0.29) is 11.3 Å². The van der Waals surface area contributed by atoms with E-state index in [2.05, 4.69) is 6.92 Å². The molecule has 0 heterocycles. The fraction of sp³-hybridized carbons (Fsp3) is 0.292. The Morgan fingerprint density at radius 3 is 2.24 bits per heavy atom. The Labute approximate surface area is 168 Å². The molecule has 3 aromatic carbocycles. The second-order valence-corrected chi connectivity index (χ2v) is 7.14. The molecule has 0 aliphatic rings. The van der Waals surface area contributed by atoms with Crippen molar-refractivity contribution in [2.24, 2.45) is 0 Å². The Kier molecular flexibility index (Phi) is 6.91. The first-order valence-corrected chi connectivity index (χ1v) is 9.87. The Morgan fingerprint density at radius 2 is 1.52 bits per heavy atom. The number of rotatable bonds is 8.